The molecule has 5 nitrogen and oxygen atoms in total. The number of pyridine rings is 1. The molecule has 5 heteroatoms. The minimum absolute atomic E-state index is 0.703. The number of fused-ring (bicyclic) bond motifs is 3. The predicted molar refractivity (Wildman–Crippen MR) is 127 cm³/mol. The van der Waals surface area contributed by atoms with Crippen LogP contribution in [0.25, 0.3) is 22.5 Å². The van der Waals surface area contributed by atoms with Crippen LogP contribution in [-0.2, 0) is 12.8 Å². The number of hydrogen-bond acceptors (Lipinski definition) is 4. The third-order valence-electron chi connectivity index (χ3n) is 6.17. The minimum atomic E-state index is 0.703. The zero-order chi connectivity index (χ0) is 21.4. The number of aromatic amines is 1. The molecule has 0 saturated carbocycles. The van der Waals surface area contributed by atoms with Crippen molar-refractivity contribution >= 4 is 11.5 Å². The van der Waals surface area contributed by atoms with E-state index < -0.39 is 0 Å². The highest BCUT2D eigenvalue weighted by molar-refractivity contribution is 5.81. The first-order chi connectivity index (χ1) is 15.2. The van der Waals surface area contributed by atoms with Gasteiger partial charge in [0.2, 0.25) is 0 Å². The Hall–Kier alpha value is -3.60. The smallest absolute Gasteiger partial charge is 0.132 e. The van der Waals surface area contributed by atoms with Gasteiger partial charge in [0.05, 0.1) is 23.3 Å². The molecule has 2 aromatic carbocycles. The van der Waals surface area contributed by atoms with Crippen molar-refractivity contribution in [2.24, 2.45) is 0 Å². The van der Waals surface area contributed by atoms with Gasteiger partial charge >= 0.3 is 0 Å². The summed E-state index contributed by atoms with van der Waals surface area (Å²) >= 11 is 0. The predicted octanol–water partition coefficient (Wildman–Crippen LogP) is 5.06. The van der Waals surface area contributed by atoms with E-state index in [2.05, 4.69) is 82.5 Å². The Morgan fingerprint density at radius 1 is 1.03 bits per heavy atom. The highest BCUT2D eigenvalue weighted by Gasteiger charge is 2.24. The molecule has 0 fully saturated rings. The number of benzene rings is 2. The normalized spacial score (nSPS) is 11.9. The maximum absolute atomic E-state index is 6.05. The van der Waals surface area contributed by atoms with Gasteiger partial charge in [-0.05, 0) is 31.0 Å². The molecule has 2 aromatic heterocycles. The van der Waals surface area contributed by atoms with Crippen LogP contribution in [0.5, 0.6) is 0 Å². The number of H-pyrrole nitrogens is 1. The van der Waals surface area contributed by atoms with E-state index in [1.54, 1.807) is 6.20 Å². The number of nitrogens with zero attached hydrogens (tertiary/aromatic N) is 3. The second-order valence-corrected chi connectivity index (χ2v) is 8.06. The topological polar surface area (TPSA) is 70.8 Å². The zero-order valence-electron chi connectivity index (χ0n) is 18.0. The molecule has 0 amide bonds. The third kappa shape index (κ3) is 3.46. The van der Waals surface area contributed by atoms with E-state index >= 15 is 0 Å². The average Bonchev–Trinajstić information content (AvgIpc) is 3.36. The van der Waals surface area contributed by atoms with E-state index in [-0.39, 0.29) is 0 Å². The van der Waals surface area contributed by atoms with E-state index in [0.717, 1.165) is 54.3 Å². The fourth-order valence-electron chi connectivity index (χ4n) is 4.57. The van der Waals surface area contributed by atoms with Gasteiger partial charge < -0.3 is 10.6 Å². The van der Waals surface area contributed by atoms with Crippen molar-refractivity contribution in [3.63, 3.8) is 0 Å². The highest BCUT2D eigenvalue weighted by atomic mass is 15.2. The van der Waals surface area contributed by atoms with Crippen molar-refractivity contribution in [2.45, 2.75) is 26.7 Å². The van der Waals surface area contributed by atoms with Crippen molar-refractivity contribution < 1.29 is 0 Å². The molecule has 0 bridgehead atoms. The van der Waals surface area contributed by atoms with Gasteiger partial charge in [-0.3, -0.25) is 5.10 Å². The molecular weight excluding hydrogens is 382 g/mol. The van der Waals surface area contributed by atoms with Crippen LogP contribution in [0.3, 0.4) is 0 Å². The number of nitrogen functional groups attached to an aromatic ring is 1. The Morgan fingerprint density at radius 2 is 1.81 bits per heavy atom. The lowest BCUT2D eigenvalue weighted by Gasteiger charge is -2.23. The summed E-state index contributed by atoms with van der Waals surface area (Å²) in [6, 6.07) is 19.3. The Kier molecular flexibility index (Phi) is 4.94. The summed E-state index contributed by atoms with van der Waals surface area (Å²) in [5, 5.41) is 7.89. The number of hydrogen-bond donors (Lipinski definition) is 2. The maximum Gasteiger partial charge on any atom is 0.132 e. The summed E-state index contributed by atoms with van der Waals surface area (Å²) in [5.74, 6) is 1.02. The van der Waals surface area contributed by atoms with Crippen LogP contribution < -0.4 is 10.6 Å². The maximum atomic E-state index is 6.05. The molecule has 0 aliphatic heterocycles. The van der Waals surface area contributed by atoms with Crippen LogP contribution in [0.1, 0.15) is 36.1 Å². The molecule has 4 aromatic rings. The molecule has 0 radical (unpaired) electrons. The Balaban J connectivity index is 1.42. The Labute approximate surface area is 183 Å². The average molecular weight is 410 g/mol. The number of nitrogens with one attached hydrogen (secondary N) is 1. The lowest BCUT2D eigenvalue weighted by atomic mass is 10.0. The molecule has 1 aliphatic rings. The number of anilines is 2. The van der Waals surface area contributed by atoms with E-state index in [1.807, 2.05) is 6.07 Å². The first kappa shape index (κ1) is 19.4. The van der Waals surface area contributed by atoms with Crippen LogP contribution in [0, 0.1) is 0 Å². The molecule has 0 unspecified atom stereocenters. The molecular formula is C26H27N5. The lowest BCUT2D eigenvalue weighted by Crippen LogP contribution is -2.24. The number of aromatic nitrogens is 3. The van der Waals surface area contributed by atoms with Crippen LogP contribution >= 0.6 is 0 Å². The van der Waals surface area contributed by atoms with E-state index in [1.165, 1.54) is 22.3 Å². The first-order valence-corrected chi connectivity index (χ1v) is 10.9. The van der Waals surface area contributed by atoms with E-state index in [0.29, 0.717) is 5.69 Å². The van der Waals surface area contributed by atoms with Gasteiger partial charge in [-0.15, -0.1) is 0 Å². The molecule has 0 spiro atoms. The summed E-state index contributed by atoms with van der Waals surface area (Å²) in [6.45, 7) is 6.15. The standard InChI is InChI=1S/C26H27N5/c1-3-31(4-2)26-20(14-21(27)16-28-26)13-17-9-11-18(12-10-17)24-23-15-19-7-5-6-8-22(19)25(23)30-29-24/h5-12,14,16H,3-4,13,15,27H2,1-2H3,(H,29,30). The fraction of sp³-hybridized carbons (Fsp3) is 0.231. The molecule has 3 N–H and O–H groups in total. The number of nitrogens with two attached hydrogens (primary N) is 1. The van der Waals surface area contributed by atoms with E-state index in [9.17, 15) is 0 Å². The second kappa shape index (κ2) is 7.91. The molecule has 2 heterocycles. The summed E-state index contributed by atoms with van der Waals surface area (Å²) < 4.78 is 0. The molecule has 156 valence electrons. The highest BCUT2D eigenvalue weighted by Crippen LogP contribution is 2.39. The molecule has 31 heavy (non-hydrogen) atoms. The van der Waals surface area contributed by atoms with E-state index in [4.69, 9.17) is 5.73 Å². The van der Waals surface area contributed by atoms with Crippen LogP contribution in [0.2, 0.25) is 0 Å². The van der Waals surface area contributed by atoms with Crippen LogP contribution in [0.15, 0.2) is 60.8 Å². The first-order valence-electron chi connectivity index (χ1n) is 10.9. The number of rotatable bonds is 6. The van der Waals surface area contributed by atoms with Crippen molar-refractivity contribution in [2.75, 3.05) is 23.7 Å². The van der Waals surface area contributed by atoms with Gasteiger partial charge in [0.1, 0.15) is 5.82 Å². The summed E-state index contributed by atoms with van der Waals surface area (Å²) in [5.41, 5.74) is 16.4. The monoisotopic (exact) mass is 409 g/mol. The molecule has 0 atom stereocenters. The second-order valence-electron chi connectivity index (χ2n) is 8.06. The Morgan fingerprint density at radius 3 is 2.58 bits per heavy atom. The SMILES string of the molecule is CCN(CC)c1ncc(N)cc1Cc1ccc(-c2n[nH]c3c2Cc2ccccc2-3)cc1. The largest absolute Gasteiger partial charge is 0.397 e. The van der Waals surface area contributed by atoms with Gasteiger partial charge in [-0.25, -0.2) is 4.98 Å². The third-order valence-corrected chi connectivity index (χ3v) is 6.17. The molecule has 1 aliphatic carbocycles. The molecule has 0 saturated heterocycles. The zero-order valence-corrected chi connectivity index (χ0v) is 18.0. The fourth-order valence-corrected chi connectivity index (χ4v) is 4.57. The van der Waals surface area contributed by atoms with Gasteiger partial charge in [0.15, 0.2) is 0 Å². The van der Waals surface area contributed by atoms with Crippen molar-refractivity contribution in [3.8, 4) is 22.5 Å². The van der Waals surface area contributed by atoms with Gasteiger partial charge in [0.25, 0.3) is 0 Å². The van der Waals surface area contributed by atoms with Gasteiger partial charge in [-0.2, -0.15) is 5.10 Å². The van der Waals surface area contributed by atoms with Crippen molar-refractivity contribution in [1.82, 2.24) is 15.2 Å². The molecule has 5 rings (SSSR count). The van der Waals surface area contributed by atoms with Gasteiger partial charge in [-0.1, -0.05) is 48.5 Å². The minimum Gasteiger partial charge on any atom is -0.397 e. The Bertz CT molecular complexity index is 1220. The summed E-state index contributed by atoms with van der Waals surface area (Å²) in [4.78, 5) is 6.89. The summed E-state index contributed by atoms with van der Waals surface area (Å²) in [7, 11) is 0. The van der Waals surface area contributed by atoms with Crippen molar-refractivity contribution in [1.29, 1.82) is 0 Å². The van der Waals surface area contributed by atoms with Crippen LogP contribution in [-0.4, -0.2) is 28.3 Å². The van der Waals surface area contributed by atoms with Crippen LogP contribution in [0.4, 0.5) is 11.5 Å². The van der Waals surface area contributed by atoms with Crippen molar-refractivity contribution in [3.05, 3.63) is 83.0 Å². The van der Waals surface area contributed by atoms with Gasteiger partial charge in [0, 0.05) is 48.2 Å². The summed E-state index contributed by atoms with van der Waals surface area (Å²) in [6.07, 6.45) is 3.48. The quantitative estimate of drug-likeness (QED) is 0.411. The lowest BCUT2D eigenvalue weighted by molar-refractivity contribution is 0.836.